The van der Waals surface area contributed by atoms with Gasteiger partial charge < -0.3 is 16.6 Å². The first kappa shape index (κ1) is 10.3. The second-order valence-electron chi connectivity index (χ2n) is 4.14. The van der Waals surface area contributed by atoms with Gasteiger partial charge >= 0.3 is 0 Å². The number of aliphatic hydroxyl groups excluding tert-OH is 1. The van der Waals surface area contributed by atoms with Crippen molar-refractivity contribution in [3.05, 3.63) is 5.56 Å². The summed E-state index contributed by atoms with van der Waals surface area (Å²) in [6.45, 7) is -0.135. The smallest absolute Gasteiger partial charge is 0.153 e. The molecule has 0 unspecified atom stereocenters. The van der Waals surface area contributed by atoms with E-state index < -0.39 is 0 Å². The summed E-state index contributed by atoms with van der Waals surface area (Å²) < 4.78 is 1.79. The fourth-order valence-electron chi connectivity index (χ4n) is 2.27. The van der Waals surface area contributed by atoms with Crippen molar-refractivity contribution in [3.63, 3.8) is 0 Å². The topological polar surface area (TPSA) is 90.1 Å². The van der Waals surface area contributed by atoms with Crippen LogP contribution in [-0.2, 0) is 6.61 Å². The second kappa shape index (κ2) is 4.10. The van der Waals surface area contributed by atoms with Crippen molar-refractivity contribution in [3.8, 4) is 0 Å². The molecule has 0 amide bonds. The van der Waals surface area contributed by atoms with Gasteiger partial charge in [-0.15, -0.1) is 0 Å². The van der Waals surface area contributed by atoms with Crippen molar-refractivity contribution in [2.24, 2.45) is 0 Å². The first-order valence-corrected chi connectivity index (χ1v) is 5.47. The first-order chi connectivity index (χ1) is 7.24. The van der Waals surface area contributed by atoms with Gasteiger partial charge in [0.2, 0.25) is 0 Å². The average Bonchev–Trinajstić information content (AvgIpc) is 2.55. The highest BCUT2D eigenvalue weighted by Gasteiger charge is 2.21. The highest BCUT2D eigenvalue weighted by molar-refractivity contribution is 5.53. The second-order valence-corrected chi connectivity index (χ2v) is 4.14. The summed E-state index contributed by atoms with van der Waals surface area (Å²) in [6, 6.07) is 0.362. The van der Waals surface area contributed by atoms with Gasteiger partial charge in [0.15, 0.2) is 5.82 Å². The van der Waals surface area contributed by atoms with Crippen molar-refractivity contribution < 1.29 is 5.11 Å². The Morgan fingerprint density at radius 3 is 2.47 bits per heavy atom. The van der Waals surface area contributed by atoms with E-state index in [1.807, 2.05) is 0 Å². The van der Waals surface area contributed by atoms with Gasteiger partial charge in [-0.3, -0.25) is 0 Å². The van der Waals surface area contributed by atoms with Crippen LogP contribution in [0.15, 0.2) is 0 Å². The van der Waals surface area contributed by atoms with Crippen LogP contribution < -0.4 is 11.5 Å². The van der Waals surface area contributed by atoms with Gasteiger partial charge in [0.25, 0.3) is 0 Å². The van der Waals surface area contributed by atoms with E-state index in [0.29, 0.717) is 23.2 Å². The number of nitrogen functional groups attached to an aromatic ring is 2. The van der Waals surface area contributed by atoms with Crippen molar-refractivity contribution in [1.82, 2.24) is 9.78 Å². The van der Waals surface area contributed by atoms with Crippen LogP contribution in [-0.4, -0.2) is 14.9 Å². The minimum atomic E-state index is -0.135. The van der Waals surface area contributed by atoms with Crippen LogP contribution in [0.25, 0.3) is 0 Å². The summed E-state index contributed by atoms with van der Waals surface area (Å²) >= 11 is 0. The summed E-state index contributed by atoms with van der Waals surface area (Å²) in [5.74, 6) is 0.891. The molecule has 0 aliphatic heterocycles. The number of nitrogens with zero attached hydrogens (tertiary/aromatic N) is 2. The number of rotatable bonds is 2. The van der Waals surface area contributed by atoms with Crippen LogP contribution in [0.4, 0.5) is 11.6 Å². The van der Waals surface area contributed by atoms with Gasteiger partial charge in [0, 0.05) is 0 Å². The molecule has 0 bridgehead atoms. The predicted molar refractivity (Wildman–Crippen MR) is 59.1 cm³/mol. The molecule has 84 valence electrons. The molecule has 0 aromatic carbocycles. The molecular formula is C10H18N4O. The number of aliphatic hydroxyl groups is 1. The van der Waals surface area contributed by atoms with E-state index in [1.54, 1.807) is 4.68 Å². The zero-order valence-electron chi connectivity index (χ0n) is 8.82. The van der Waals surface area contributed by atoms with Crippen LogP contribution in [0.3, 0.4) is 0 Å². The van der Waals surface area contributed by atoms with Gasteiger partial charge in [-0.05, 0) is 12.8 Å². The van der Waals surface area contributed by atoms with Crippen LogP contribution in [0.5, 0.6) is 0 Å². The van der Waals surface area contributed by atoms with E-state index in [1.165, 1.54) is 19.3 Å². The van der Waals surface area contributed by atoms with Crippen LogP contribution in [0, 0.1) is 0 Å². The maximum atomic E-state index is 9.10. The molecule has 0 saturated heterocycles. The molecule has 0 atom stereocenters. The molecule has 1 aromatic rings. The lowest BCUT2D eigenvalue weighted by molar-refractivity contribution is 0.282. The van der Waals surface area contributed by atoms with Crippen LogP contribution >= 0.6 is 0 Å². The maximum absolute atomic E-state index is 9.10. The molecule has 0 spiro atoms. The highest BCUT2D eigenvalue weighted by atomic mass is 16.3. The summed E-state index contributed by atoms with van der Waals surface area (Å²) in [4.78, 5) is 0. The van der Waals surface area contributed by atoms with Crippen LogP contribution in [0.2, 0.25) is 0 Å². The van der Waals surface area contributed by atoms with Gasteiger partial charge in [-0.1, -0.05) is 19.3 Å². The van der Waals surface area contributed by atoms with Gasteiger partial charge in [0.1, 0.15) is 5.82 Å². The predicted octanol–water partition coefficient (Wildman–Crippen LogP) is 1.04. The lowest BCUT2D eigenvalue weighted by Crippen LogP contribution is -2.16. The zero-order chi connectivity index (χ0) is 10.8. The SMILES string of the molecule is Nc1nn(C2CCCCC2)c(N)c1CO. The Bertz CT molecular complexity index is 341. The molecule has 5 N–H and O–H groups in total. The Morgan fingerprint density at radius 2 is 1.93 bits per heavy atom. The Morgan fingerprint density at radius 1 is 1.27 bits per heavy atom. The quantitative estimate of drug-likeness (QED) is 0.680. The van der Waals surface area contributed by atoms with Gasteiger partial charge in [-0.2, -0.15) is 5.10 Å². The number of hydrogen-bond acceptors (Lipinski definition) is 4. The van der Waals surface area contributed by atoms with E-state index >= 15 is 0 Å². The molecule has 15 heavy (non-hydrogen) atoms. The normalized spacial score (nSPS) is 18.2. The fourth-order valence-corrected chi connectivity index (χ4v) is 2.27. The molecule has 5 nitrogen and oxygen atoms in total. The molecule has 1 aliphatic carbocycles. The third-order valence-electron chi connectivity index (χ3n) is 3.16. The molecule has 2 rings (SSSR count). The lowest BCUT2D eigenvalue weighted by atomic mass is 9.96. The van der Waals surface area contributed by atoms with Crippen molar-refractivity contribution in [2.75, 3.05) is 11.5 Å². The van der Waals surface area contributed by atoms with Gasteiger partial charge in [-0.25, -0.2) is 4.68 Å². The standard InChI is InChI=1S/C10H18N4O/c11-9-8(6-15)10(12)14(13-9)7-4-2-1-3-5-7/h7,15H,1-6,12H2,(H2,11,13). The Kier molecular flexibility index (Phi) is 2.81. The highest BCUT2D eigenvalue weighted by Crippen LogP contribution is 2.32. The number of hydrogen-bond donors (Lipinski definition) is 3. The van der Waals surface area contributed by atoms with Gasteiger partial charge in [0.05, 0.1) is 18.2 Å². The van der Waals surface area contributed by atoms with Crippen molar-refractivity contribution in [1.29, 1.82) is 0 Å². The summed E-state index contributed by atoms with van der Waals surface area (Å²) in [5.41, 5.74) is 12.2. The van der Waals surface area contributed by atoms with E-state index in [0.717, 1.165) is 12.8 Å². The zero-order valence-corrected chi connectivity index (χ0v) is 8.82. The molecule has 0 radical (unpaired) electrons. The minimum absolute atomic E-state index is 0.135. The lowest BCUT2D eigenvalue weighted by Gasteiger charge is -2.22. The molecule has 1 saturated carbocycles. The Hall–Kier alpha value is -1.23. The monoisotopic (exact) mass is 210 g/mol. The molecule has 1 aromatic heterocycles. The van der Waals surface area contributed by atoms with Crippen LogP contribution in [0.1, 0.15) is 43.7 Å². The Balaban J connectivity index is 2.27. The van der Waals surface area contributed by atoms with Crippen molar-refractivity contribution in [2.45, 2.75) is 44.8 Å². The number of nitrogens with two attached hydrogens (primary N) is 2. The van der Waals surface area contributed by atoms with E-state index in [2.05, 4.69) is 5.10 Å². The largest absolute Gasteiger partial charge is 0.391 e. The average molecular weight is 210 g/mol. The van der Waals surface area contributed by atoms with Crippen molar-refractivity contribution >= 4 is 11.6 Å². The van der Waals surface area contributed by atoms with E-state index in [9.17, 15) is 0 Å². The summed E-state index contributed by atoms with van der Waals surface area (Å²) in [6.07, 6.45) is 5.95. The molecule has 1 aliphatic rings. The minimum Gasteiger partial charge on any atom is -0.391 e. The molecular weight excluding hydrogens is 192 g/mol. The number of anilines is 2. The Labute approximate surface area is 89.1 Å². The third kappa shape index (κ3) is 1.79. The summed E-state index contributed by atoms with van der Waals surface area (Å²) in [5, 5.41) is 13.3. The summed E-state index contributed by atoms with van der Waals surface area (Å²) in [7, 11) is 0. The fraction of sp³-hybridized carbons (Fsp3) is 0.700. The molecule has 1 heterocycles. The maximum Gasteiger partial charge on any atom is 0.153 e. The van der Waals surface area contributed by atoms with E-state index in [-0.39, 0.29) is 6.61 Å². The molecule has 1 fully saturated rings. The molecule has 5 heteroatoms. The number of aromatic nitrogens is 2. The first-order valence-electron chi connectivity index (χ1n) is 5.47. The third-order valence-corrected chi connectivity index (χ3v) is 3.16. The van der Waals surface area contributed by atoms with E-state index in [4.69, 9.17) is 16.6 Å².